The Bertz CT molecular complexity index is 1040. The molecule has 0 amide bonds. The lowest BCUT2D eigenvalue weighted by Gasteiger charge is -2.26. The van der Waals surface area contributed by atoms with Crippen molar-refractivity contribution in [2.45, 2.75) is 18.2 Å². The summed E-state index contributed by atoms with van der Waals surface area (Å²) in [5.41, 5.74) is 2.35. The standard InChI is InChI=1S/C19H18N2O3S2/c1-14-19(13-18(25-14)17-7-10-20-24-17)26(22,23)21-11-8-16(9-12-21)15-5-3-2-4-6-15/h2-8,10,13H,9,11-12H2,1H3. The molecule has 0 fully saturated rings. The van der Waals surface area contributed by atoms with E-state index < -0.39 is 10.0 Å². The predicted octanol–water partition coefficient (Wildman–Crippen LogP) is 4.19. The average Bonchev–Trinajstić information content (AvgIpc) is 3.32. The number of thiophene rings is 1. The molecule has 1 aliphatic rings. The van der Waals surface area contributed by atoms with Crippen LogP contribution in [0.1, 0.15) is 16.9 Å². The number of hydrogen-bond acceptors (Lipinski definition) is 5. The van der Waals surface area contributed by atoms with Crippen LogP contribution in [0.2, 0.25) is 0 Å². The number of sulfonamides is 1. The highest BCUT2D eigenvalue weighted by Gasteiger charge is 2.29. The van der Waals surface area contributed by atoms with E-state index >= 15 is 0 Å². The molecule has 0 aliphatic carbocycles. The minimum Gasteiger partial charge on any atom is -0.355 e. The maximum absolute atomic E-state index is 13.1. The van der Waals surface area contributed by atoms with Gasteiger partial charge in [-0.1, -0.05) is 41.6 Å². The molecular formula is C19H18N2O3S2. The van der Waals surface area contributed by atoms with Crippen molar-refractivity contribution in [1.29, 1.82) is 0 Å². The molecule has 2 aromatic heterocycles. The molecule has 1 aliphatic heterocycles. The lowest BCUT2D eigenvalue weighted by atomic mass is 10.0. The van der Waals surface area contributed by atoms with Gasteiger partial charge in [0.15, 0.2) is 5.76 Å². The quantitative estimate of drug-likeness (QED) is 0.674. The fourth-order valence-electron chi connectivity index (χ4n) is 3.11. The van der Waals surface area contributed by atoms with Crippen LogP contribution in [-0.2, 0) is 10.0 Å². The number of benzene rings is 1. The molecule has 7 heteroatoms. The number of rotatable bonds is 4. The van der Waals surface area contributed by atoms with Gasteiger partial charge in [-0.05, 0) is 30.5 Å². The third-order valence-corrected chi connectivity index (χ3v) is 7.67. The number of hydrogen-bond donors (Lipinski definition) is 0. The summed E-state index contributed by atoms with van der Waals surface area (Å²) in [5, 5.41) is 3.69. The van der Waals surface area contributed by atoms with Crippen LogP contribution in [0, 0.1) is 6.92 Å². The molecule has 0 saturated heterocycles. The second-order valence-electron chi connectivity index (χ2n) is 6.12. The third-order valence-electron chi connectivity index (χ3n) is 4.49. The lowest BCUT2D eigenvalue weighted by Crippen LogP contribution is -2.34. The highest BCUT2D eigenvalue weighted by Crippen LogP contribution is 2.35. The topological polar surface area (TPSA) is 63.4 Å². The van der Waals surface area contributed by atoms with E-state index in [2.05, 4.69) is 17.3 Å². The van der Waals surface area contributed by atoms with Crippen molar-refractivity contribution in [2.75, 3.05) is 13.1 Å². The summed E-state index contributed by atoms with van der Waals surface area (Å²) in [7, 11) is -3.53. The van der Waals surface area contributed by atoms with E-state index in [1.807, 2.05) is 31.2 Å². The summed E-state index contributed by atoms with van der Waals surface area (Å²) in [6.07, 6.45) is 4.27. The smallest absolute Gasteiger partial charge is 0.244 e. The normalized spacial score (nSPS) is 15.8. The molecule has 0 spiro atoms. The van der Waals surface area contributed by atoms with Crippen LogP contribution >= 0.6 is 11.3 Å². The Morgan fingerprint density at radius 1 is 1.19 bits per heavy atom. The number of aryl methyl sites for hydroxylation is 1. The Morgan fingerprint density at radius 3 is 2.65 bits per heavy atom. The van der Waals surface area contributed by atoms with Crippen LogP contribution in [0.5, 0.6) is 0 Å². The Balaban J connectivity index is 1.60. The van der Waals surface area contributed by atoms with Crippen LogP contribution in [0.15, 0.2) is 64.2 Å². The van der Waals surface area contributed by atoms with Gasteiger partial charge in [-0.2, -0.15) is 4.31 Å². The SMILES string of the molecule is Cc1sc(-c2ccno2)cc1S(=O)(=O)N1CC=C(c2ccccc2)CC1. The molecule has 0 bridgehead atoms. The first-order chi connectivity index (χ1) is 12.6. The minimum absolute atomic E-state index is 0.352. The van der Waals surface area contributed by atoms with Crippen LogP contribution in [0.4, 0.5) is 0 Å². The Morgan fingerprint density at radius 2 is 2.00 bits per heavy atom. The molecule has 3 heterocycles. The highest BCUT2D eigenvalue weighted by molar-refractivity contribution is 7.89. The van der Waals surface area contributed by atoms with Gasteiger partial charge in [-0.15, -0.1) is 11.3 Å². The zero-order valence-corrected chi connectivity index (χ0v) is 15.9. The maximum atomic E-state index is 13.1. The van der Waals surface area contributed by atoms with Crippen LogP contribution in [0.3, 0.4) is 0 Å². The first-order valence-electron chi connectivity index (χ1n) is 8.32. The van der Waals surface area contributed by atoms with Crippen molar-refractivity contribution in [1.82, 2.24) is 9.46 Å². The summed E-state index contributed by atoms with van der Waals surface area (Å²) in [4.78, 5) is 1.88. The van der Waals surface area contributed by atoms with Crippen molar-refractivity contribution in [3.05, 3.63) is 65.2 Å². The summed E-state index contributed by atoms with van der Waals surface area (Å²) in [6, 6.07) is 13.5. The summed E-state index contributed by atoms with van der Waals surface area (Å²) in [6.45, 7) is 2.70. The third kappa shape index (κ3) is 3.13. The zero-order valence-electron chi connectivity index (χ0n) is 14.3. The van der Waals surface area contributed by atoms with Gasteiger partial charge in [0, 0.05) is 24.0 Å². The molecular weight excluding hydrogens is 368 g/mol. The van der Waals surface area contributed by atoms with Crippen molar-refractivity contribution >= 4 is 26.9 Å². The largest absolute Gasteiger partial charge is 0.355 e. The van der Waals surface area contributed by atoms with E-state index in [4.69, 9.17) is 4.52 Å². The van der Waals surface area contributed by atoms with Crippen molar-refractivity contribution in [3.63, 3.8) is 0 Å². The maximum Gasteiger partial charge on any atom is 0.244 e. The van der Waals surface area contributed by atoms with Gasteiger partial charge in [0.25, 0.3) is 0 Å². The summed E-state index contributed by atoms with van der Waals surface area (Å²) in [5.74, 6) is 0.587. The fourth-order valence-corrected chi connectivity index (χ4v) is 6.01. The first-order valence-corrected chi connectivity index (χ1v) is 10.6. The second-order valence-corrected chi connectivity index (χ2v) is 9.28. The molecule has 4 rings (SSSR count). The zero-order chi connectivity index (χ0) is 18.1. The van der Waals surface area contributed by atoms with Gasteiger partial charge >= 0.3 is 0 Å². The minimum atomic E-state index is -3.53. The van der Waals surface area contributed by atoms with Crippen molar-refractivity contribution in [3.8, 4) is 10.6 Å². The first kappa shape index (κ1) is 17.2. The van der Waals surface area contributed by atoms with Crippen molar-refractivity contribution in [2.24, 2.45) is 0 Å². The average molecular weight is 386 g/mol. The molecule has 26 heavy (non-hydrogen) atoms. The fraction of sp³-hybridized carbons (Fsp3) is 0.211. The lowest BCUT2D eigenvalue weighted by molar-refractivity contribution is 0.433. The van der Waals surface area contributed by atoms with Gasteiger partial charge in [-0.3, -0.25) is 0 Å². The van der Waals surface area contributed by atoms with Crippen LogP contribution < -0.4 is 0 Å². The van der Waals surface area contributed by atoms with Crippen molar-refractivity contribution < 1.29 is 12.9 Å². The van der Waals surface area contributed by atoms with Gasteiger partial charge in [-0.25, -0.2) is 8.42 Å². The second kappa shape index (κ2) is 6.83. The van der Waals surface area contributed by atoms with Gasteiger partial charge in [0.05, 0.1) is 16.0 Å². The highest BCUT2D eigenvalue weighted by atomic mass is 32.2. The van der Waals surface area contributed by atoms with Gasteiger partial charge in [0.1, 0.15) is 0 Å². The van der Waals surface area contributed by atoms with Gasteiger partial charge in [0.2, 0.25) is 10.0 Å². The Kier molecular flexibility index (Phi) is 4.52. The molecule has 1 aromatic carbocycles. The molecule has 0 N–H and O–H groups in total. The molecule has 0 saturated carbocycles. The van der Waals surface area contributed by atoms with E-state index in [0.717, 1.165) is 15.3 Å². The van der Waals surface area contributed by atoms with Gasteiger partial charge < -0.3 is 4.52 Å². The molecule has 0 unspecified atom stereocenters. The summed E-state index contributed by atoms with van der Waals surface area (Å²) >= 11 is 1.41. The molecule has 0 radical (unpaired) electrons. The molecule has 134 valence electrons. The number of aromatic nitrogens is 1. The number of nitrogens with zero attached hydrogens (tertiary/aromatic N) is 2. The Hall–Kier alpha value is -2.22. The molecule has 5 nitrogen and oxygen atoms in total. The Labute approximate surface area is 156 Å². The predicted molar refractivity (Wildman–Crippen MR) is 102 cm³/mol. The van der Waals surface area contributed by atoms with Crippen LogP contribution in [-0.4, -0.2) is 31.0 Å². The van der Waals surface area contributed by atoms with E-state index in [-0.39, 0.29) is 0 Å². The monoisotopic (exact) mass is 386 g/mol. The van der Waals surface area contributed by atoms with E-state index in [0.29, 0.717) is 30.2 Å². The summed E-state index contributed by atoms with van der Waals surface area (Å²) < 4.78 is 32.9. The van der Waals surface area contributed by atoms with E-state index in [1.165, 1.54) is 16.9 Å². The van der Waals surface area contributed by atoms with Crippen LogP contribution in [0.25, 0.3) is 16.2 Å². The molecule has 3 aromatic rings. The van der Waals surface area contributed by atoms with E-state index in [1.54, 1.807) is 22.6 Å². The molecule has 0 atom stereocenters. The van der Waals surface area contributed by atoms with E-state index in [9.17, 15) is 8.42 Å².